The number of nitrogens with one attached hydrogen (secondary N) is 1. The molecule has 0 bridgehead atoms. The second kappa shape index (κ2) is 8.67. The van der Waals surface area contributed by atoms with Crippen molar-refractivity contribution < 1.29 is 4.79 Å². The highest BCUT2D eigenvalue weighted by Crippen LogP contribution is 2.39. The van der Waals surface area contributed by atoms with Gasteiger partial charge in [-0.3, -0.25) is 9.80 Å². The van der Waals surface area contributed by atoms with Crippen LogP contribution in [0, 0.1) is 11.8 Å². The Hall–Kier alpha value is -1.84. The van der Waals surface area contributed by atoms with Crippen LogP contribution >= 0.6 is 0 Å². The largest absolute Gasteiger partial charge is 0.348 e. The van der Waals surface area contributed by atoms with Crippen molar-refractivity contribution in [1.29, 1.82) is 0 Å². The summed E-state index contributed by atoms with van der Waals surface area (Å²) in [6.07, 6.45) is 11.1. The lowest BCUT2D eigenvalue weighted by Gasteiger charge is -2.35. The average molecular weight is 382 g/mol. The highest BCUT2D eigenvalue weighted by Gasteiger charge is 2.43. The summed E-state index contributed by atoms with van der Waals surface area (Å²) in [7, 11) is 0. The minimum absolute atomic E-state index is 0.0812. The Morgan fingerprint density at radius 2 is 1.68 bits per heavy atom. The molecular weight excluding hydrogens is 346 g/mol. The molecule has 1 aromatic rings. The lowest BCUT2D eigenvalue weighted by Crippen LogP contribution is -2.45. The van der Waals surface area contributed by atoms with E-state index in [9.17, 15) is 4.79 Å². The highest BCUT2D eigenvalue weighted by molar-refractivity contribution is 6.40. The number of carbonyl (C=O) groups excluding carboxylic acids is 1. The van der Waals surface area contributed by atoms with Gasteiger partial charge < -0.3 is 5.32 Å². The number of hydrazone groups is 1. The Labute approximate surface area is 169 Å². The summed E-state index contributed by atoms with van der Waals surface area (Å²) in [6.45, 7) is 4.40. The third-order valence-electron chi connectivity index (χ3n) is 7.27. The molecule has 1 aliphatic heterocycles. The fourth-order valence-corrected chi connectivity index (χ4v) is 5.52. The van der Waals surface area contributed by atoms with Gasteiger partial charge in [0.25, 0.3) is 5.91 Å². The molecule has 4 rings (SSSR count). The SMILES string of the molecule is CC(c1ccccc1)N1N=C(C(=O)N[C@@H](C)C2CCCCC2)C2CCCCC21. The molecule has 28 heavy (non-hydrogen) atoms. The third kappa shape index (κ3) is 3.97. The van der Waals surface area contributed by atoms with E-state index in [1.54, 1.807) is 0 Å². The Bertz CT molecular complexity index is 695. The molecule has 4 atom stereocenters. The summed E-state index contributed by atoms with van der Waals surface area (Å²) in [6, 6.07) is 11.4. The van der Waals surface area contributed by atoms with E-state index in [1.165, 1.54) is 50.5 Å². The molecule has 0 saturated heterocycles. The van der Waals surface area contributed by atoms with Crippen LogP contribution in [-0.2, 0) is 4.79 Å². The van der Waals surface area contributed by atoms with Gasteiger partial charge in [-0.15, -0.1) is 0 Å². The van der Waals surface area contributed by atoms with E-state index in [0.29, 0.717) is 17.9 Å². The van der Waals surface area contributed by atoms with E-state index in [0.717, 1.165) is 18.6 Å². The fraction of sp³-hybridized carbons (Fsp3) is 0.667. The van der Waals surface area contributed by atoms with Gasteiger partial charge in [0.1, 0.15) is 5.71 Å². The van der Waals surface area contributed by atoms with Crippen LogP contribution in [0.25, 0.3) is 0 Å². The van der Waals surface area contributed by atoms with Crippen LogP contribution in [0.4, 0.5) is 0 Å². The van der Waals surface area contributed by atoms with Crippen LogP contribution in [0.15, 0.2) is 35.4 Å². The molecule has 1 amide bonds. The second-order valence-corrected chi connectivity index (χ2v) is 9.07. The van der Waals surface area contributed by atoms with Gasteiger partial charge in [0, 0.05) is 12.0 Å². The smallest absolute Gasteiger partial charge is 0.268 e. The summed E-state index contributed by atoms with van der Waals surface area (Å²) < 4.78 is 0. The quantitative estimate of drug-likeness (QED) is 0.774. The number of nitrogens with zero attached hydrogens (tertiary/aromatic N) is 2. The highest BCUT2D eigenvalue weighted by atomic mass is 16.2. The molecule has 152 valence electrons. The fourth-order valence-electron chi connectivity index (χ4n) is 5.52. The zero-order chi connectivity index (χ0) is 19.5. The first-order valence-corrected chi connectivity index (χ1v) is 11.4. The van der Waals surface area contributed by atoms with Crippen molar-refractivity contribution in [2.75, 3.05) is 0 Å². The van der Waals surface area contributed by atoms with Gasteiger partial charge in [-0.25, -0.2) is 0 Å². The first-order chi connectivity index (χ1) is 13.6. The first kappa shape index (κ1) is 19.5. The monoisotopic (exact) mass is 381 g/mol. The first-order valence-electron chi connectivity index (χ1n) is 11.4. The zero-order valence-corrected chi connectivity index (χ0v) is 17.4. The maximum absolute atomic E-state index is 13.2. The Morgan fingerprint density at radius 3 is 2.43 bits per heavy atom. The van der Waals surface area contributed by atoms with E-state index < -0.39 is 0 Å². The molecule has 1 aromatic carbocycles. The van der Waals surface area contributed by atoms with Crippen LogP contribution in [0.3, 0.4) is 0 Å². The molecule has 4 nitrogen and oxygen atoms in total. The number of rotatable bonds is 5. The summed E-state index contributed by atoms with van der Waals surface area (Å²) in [5.74, 6) is 0.998. The van der Waals surface area contributed by atoms with Crippen molar-refractivity contribution in [2.24, 2.45) is 16.9 Å². The van der Waals surface area contributed by atoms with Gasteiger partial charge in [-0.2, -0.15) is 5.10 Å². The Morgan fingerprint density at radius 1 is 1.00 bits per heavy atom. The second-order valence-electron chi connectivity index (χ2n) is 9.07. The van der Waals surface area contributed by atoms with Crippen molar-refractivity contribution >= 4 is 11.6 Å². The Balaban J connectivity index is 1.50. The van der Waals surface area contributed by atoms with E-state index in [4.69, 9.17) is 5.10 Å². The number of hydrogen-bond donors (Lipinski definition) is 1. The van der Waals surface area contributed by atoms with Crippen LogP contribution in [0.5, 0.6) is 0 Å². The van der Waals surface area contributed by atoms with Crippen LogP contribution < -0.4 is 5.32 Å². The van der Waals surface area contributed by atoms with Gasteiger partial charge >= 0.3 is 0 Å². The maximum Gasteiger partial charge on any atom is 0.268 e. The van der Waals surface area contributed by atoms with Crippen LogP contribution in [0.1, 0.15) is 83.2 Å². The molecular formula is C24H35N3O. The number of benzene rings is 1. The average Bonchev–Trinajstić information content (AvgIpc) is 3.14. The van der Waals surface area contributed by atoms with Gasteiger partial charge in [0.05, 0.1) is 12.1 Å². The number of amides is 1. The zero-order valence-electron chi connectivity index (χ0n) is 17.4. The minimum Gasteiger partial charge on any atom is -0.348 e. The van der Waals surface area contributed by atoms with Crippen LogP contribution in [-0.4, -0.2) is 28.7 Å². The van der Waals surface area contributed by atoms with E-state index >= 15 is 0 Å². The van der Waals surface area contributed by atoms with Crippen molar-refractivity contribution in [1.82, 2.24) is 10.3 Å². The molecule has 3 aliphatic rings. The molecule has 1 N–H and O–H groups in total. The summed E-state index contributed by atoms with van der Waals surface area (Å²) >= 11 is 0. The van der Waals surface area contributed by atoms with Gasteiger partial charge in [-0.05, 0) is 51.0 Å². The number of hydrogen-bond acceptors (Lipinski definition) is 3. The van der Waals surface area contributed by atoms with E-state index in [2.05, 4.69) is 54.5 Å². The molecule has 0 spiro atoms. The normalized spacial score (nSPS) is 27.6. The van der Waals surface area contributed by atoms with Gasteiger partial charge in [0.2, 0.25) is 0 Å². The third-order valence-corrected chi connectivity index (χ3v) is 7.27. The molecule has 0 aromatic heterocycles. The van der Waals surface area contributed by atoms with E-state index in [-0.39, 0.29) is 18.0 Å². The number of carbonyl (C=O) groups is 1. The molecule has 2 saturated carbocycles. The van der Waals surface area contributed by atoms with E-state index in [1.807, 2.05) is 0 Å². The van der Waals surface area contributed by atoms with Gasteiger partial charge in [0.15, 0.2) is 0 Å². The van der Waals surface area contributed by atoms with Crippen molar-refractivity contribution in [3.8, 4) is 0 Å². The lowest BCUT2D eigenvalue weighted by atomic mass is 9.81. The molecule has 2 aliphatic carbocycles. The summed E-state index contributed by atoms with van der Waals surface area (Å²) in [5.41, 5.74) is 2.06. The number of fused-ring (bicyclic) bond motifs is 1. The van der Waals surface area contributed by atoms with Crippen molar-refractivity contribution in [3.63, 3.8) is 0 Å². The molecule has 4 heteroatoms. The Kier molecular flexibility index (Phi) is 6.03. The summed E-state index contributed by atoms with van der Waals surface area (Å²) in [5, 5.41) is 10.5. The van der Waals surface area contributed by atoms with Crippen LogP contribution in [0.2, 0.25) is 0 Å². The molecule has 0 radical (unpaired) electrons. The predicted octanol–water partition coefficient (Wildman–Crippen LogP) is 5.06. The maximum atomic E-state index is 13.2. The molecule has 1 heterocycles. The molecule has 2 fully saturated rings. The molecule has 3 unspecified atom stereocenters. The van der Waals surface area contributed by atoms with Crippen molar-refractivity contribution in [2.45, 2.75) is 89.8 Å². The summed E-state index contributed by atoms with van der Waals surface area (Å²) in [4.78, 5) is 13.2. The standard InChI is InChI=1S/C24H35N3O/c1-17(19-11-5-3-6-12-19)25-24(28)23-21-15-9-10-16-22(21)27(26-23)18(2)20-13-7-4-8-14-20/h4,7-8,13-14,17-19,21-22H,3,5-6,9-12,15-16H2,1-2H3,(H,25,28)/t17-,18?,21?,22?/m0/s1. The lowest BCUT2D eigenvalue weighted by molar-refractivity contribution is -0.116. The topological polar surface area (TPSA) is 44.7 Å². The predicted molar refractivity (Wildman–Crippen MR) is 114 cm³/mol. The minimum atomic E-state index is 0.0812. The van der Waals surface area contributed by atoms with Crippen molar-refractivity contribution in [3.05, 3.63) is 35.9 Å². The van der Waals surface area contributed by atoms with Gasteiger partial charge in [-0.1, -0.05) is 62.4 Å².